The van der Waals surface area contributed by atoms with E-state index in [-0.39, 0.29) is 5.91 Å². The van der Waals surface area contributed by atoms with E-state index in [1.807, 2.05) is 30.3 Å². The van der Waals surface area contributed by atoms with Crippen molar-refractivity contribution >= 4 is 62.4 Å². The predicted molar refractivity (Wildman–Crippen MR) is 124 cm³/mol. The van der Waals surface area contributed by atoms with Crippen LogP contribution in [-0.4, -0.2) is 10.9 Å². The van der Waals surface area contributed by atoms with Gasteiger partial charge in [0.25, 0.3) is 0 Å². The number of fused-ring (bicyclic) bond motifs is 1. The minimum Gasteiger partial charge on any atom is -0.323 e. The van der Waals surface area contributed by atoms with Crippen LogP contribution in [-0.2, 0) is 4.79 Å². The van der Waals surface area contributed by atoms with Crippen molar-refractivity contribution in [2.45, 2.75) is 6.92 Å². The molecule has 3 aromatic carbocycles. The van der Waals surface area contributed by atoms with Crippen LogP contribution < -0.4 is 5.32 Å². The molecule has 0 saturated heterocycles. The summed E-state index contributed by atoms with van der Waals surface area (Å²) >= 11 is 13.7. The van der Waals surface area contributed by atoms with Crippen molar-refractivity contribution in [3.8, 4) is 10.6 Å². The average Bonchev–Trinajstić information content (AvgIpc) is 3.11. The van der Waals surface area contributed by atoms with Crippen molar-refractivity contribution in [2.24, 2.45) is 0 Å². The second-order valence-corrected chi connectivity index (χ2v) is 8.43. The molecule has 0 aliphatic heterocycles. The van der Waals surface area contributed by atoms with Gasteiger partial charge in [0.05, 0.1) is 10.2 Å². The third kappa shape index (κ3) is 4.67. The Morgan fingerprint density at radius 1 is 1.03 bits per heavy atom. The maximum absolute atomic E-state index is 12.2. The largest absolute Gasteiger partial charge is 0.323 e. The highest BCUT2D eigenvalue weighted by molar-refractivity contribution is 7.21. The summed E-state index contributed by atoms with van der Waals surface area (Å²) in [7, 11) is 0. The van der Waals surface area contributed by atoms with E-state index in [1.165, 1.54) is 16.3 Å². The normalized spacial score (nSPS) is 11.3. The van der Waals surface area contributed by atoms with Crippen LogP contribution >= 0.6 is 34.5 Å². The number of halogens is 2. The third-order valence-electron chi connectivity index (χ3n) is 4.32. The molecule has 0 fully saturated rings. The van der Waals surface area contributed by atoms with Gasteiger partial charge in [-0.15, -0.1) is 11.3 Å². The minimum absolute atomic E-state index is 0.237. The Kier molecular flexibility index (Phi) is 5.67. The number of carbonyl (C=O) groups excluding carboxylic acids is 1. The number of nitrogens with zero attached hydrogens (tertiary/aromatic N) is 1. The summed E-state index contributed by atoms with van der Waals surface area (Å²) in [6.07, 6.45) is 3.10. The van der Waals surface area contributed by atoms with Gasteiger partial charge in [0.15, 0.2) is 0 Å². The summed E-state index contributed by atoms with van der Waals surface area (Å²) in [6.45, 7) is 2.08. The van der Waals surface area contributed by atoms with Crippen LogP contribution in [0.3, 0.4) is 0 Å². The lowest BCUT2D eigenvalue weighted by atomic mass is 10.2. The summed E-state index contributed by atoms with van der Waals surface area (Å²) in [5.41, 5.74) is 4.68. The van der Waals surface area contributed by atoms with Gasteiger partial charge in [0.1, 0.15) is 5.01 Å². The highest BCUT2D eigenvalue weighted by atomic mass is 35.5. The minimum atomic E-state index is -0.237. The molecule has 0 unspecified atom stereocenters. The highest BCUT2D eigenvalue weighted by Gasteiger charge is 2.07. The Morgan fingerprint density at radius 2 is 1.83 bits per heavy atom. The standard InChI is InChI=1S/C23H16Cl2N2OS/c1-14-2-10-20-21(12-14)29-23(27-20)16-4-8-18(9-5-16)26-22(28)11-6-15-3-7-17(24)13-19(15)25/h2-13H,1H3,(H,26,28)/b11-6+. The first-order valence-electron chi connectivity index (χ1n) is 8.90. The molecule has 1 heterocycles. The van der Waals surface area contributed by atoms with Gasteiger partial charge in [-0.05, 0) is 72.7 Å². The molecule has 4 rings (SSSR count). The highest BCUT2D eigenvalue weighted by Crippen LogP contribution is 2.31. The van der Waals surface area contributed by atoms with Crippen LogP contribution in [0, 0.1) is 6.92 Å². The topological polar surface area (TPSA) is 42.0 Å². The van der Waals surface area contributed by atoms with Crippen molar-refractivity contribution in [2.75, 3.05) is 5.32 Å². The van der Waals surface area contributed by atoms with Crippen LogP contribution in [0.15, 0.2) is 66.7 Å². The summed E-state index contributed by atoms with van der Waals surface area (Å²) < 4.78 is 1.17. The zero-order chi connectivity index (χ0) is 20.4. The van der Waals surface area contributed by atoms with E-state index in [1.54, 1.807) is 35.6 Å². The number of benzene rings is 3. The molecule has 0 aliphatic rings. The molecule has 0 aliphatic carbocycles. The van der Waals surface area contributed by atoms with E-state index >= 15 is 0 Å². The molecular weight excluding hydrogens is 423 g/mol. The molecule has 0 radical (unpaired) electrons. The number of carbonyl (C=O) groups is 1. The van der Waals surface area contributed by atoms with Gasteiger partial charge in [-0.2, -0.15) is 0 Å². The quantitative estimate of drug-likeness (QED) is 0.341. The molecule has 3 nitrogen and oxygen atoms in total. The van der Waals surface area contributed by atoms with E-state index in [4.69, 9.17) is 28.2 Å². The number of anilines is 1. The van der Waals surface area contributed by atoms with E-state index in [0.717, 1.165) is 21.7 Å². The lowest BCUT2D eigenvalue weighted by Crippen LogP contribution is -2.07. The number of rotatable bonds is 4. The number of nitrogens with one attached hydrogen (secondary N) is 1. The summed E-state index contributed by atoms with van der Waals surface area (Å²) in [5, 5.41) is 4.86. The molecule has 144 valence electrons. The Hall–Kier alpha value is -2.66. The van der Waals surface area contributed by atoms with E-state index < -0.39 is 0 Å². The number of aromatic nitrogens is 1. The molecule has 1 N–H and O–H groups in total. The maximum atomic E-state index is 12.2. The molecule has 29 heavy (non-hydrogen) atoms. The molecule has 6 heteroatoms. The van der Waals surface area contributed by atoms with Gasteiger partial charge in [0, 0.05) is 27.4 Å². The fourth-order valence-electron chi connectivity index (χ4n) is 2.84. The van der Waals surface area contributed by atoms with E-state index in [9.17, 15) is 4.79 Å². The number of hydrogen-bond acceptors (Lipinski definition) is 3. The first kappa shape index (κ1) is 19.6. The Balaban J connectivity index is 1.46. The van der Waals surface area contributed by atoms with Gasteiger partial charge in [0.2, 0.25) is 5.91 Å². The number of amides is 1. The Bertz CT molecular complexity index is 1230. The van der Waals surface area contributed by atoms with E-state index in [2.05, 4.69) is 24.4 Å². The smallest absolute Gasteiger partial charge is 0.248 e. The van der Waals surface area contributed by atoms with Crippen LogP contribution in [0.4, 0.5) is 5.69 Å². The van der Waals surface area contributed by atoms with Crippen LogP contribution in [0.1, 0.15) is 11.1 Å². The van der Waals surface area contributed by atoms with E-state index in [0.29, 0.717) is 15.7 Å². The molecular formula is C23H16Cl2N2OS. The van der Waals surface area contributed by atoms with Gasteiger partial charge in [-0.1, -0.05) is 35.3 Å². The molecule has 0 saturated carbocycles. The van der Waals surface area contributed by atoms with Crippen molar-refractivity contribution in [3.63, 3.8) is 0 Å². The maximum Gasteiger partial charge on any atom is 0.248 e. The molecule has 4 aromatic rings. The monoisotopic (exact) mass is 438 g/mol. The SMILES string of the molecule is Cc1ccc2nc(-c3ccc(NC(=O)/C=C/c4ccc(Cl)cc4Cl)cc3)sc2c1. The van der Waals surface area contributed by atoms with Gasteiger partial charge in [-0.3, -0.25) is 4.79 Å². The first-order chi connectivity index (χ1) is 14.0. The Labute approximate surface area is 182 Å². The fraction of sp³-hybridized carbons (Fsp3) is 0.0435. The first-order valence-corrected chi connectivity index (χ1v) is 10.5. The van der Waals surface area contributed by atoms with Gasteiger partial charge in [-0.25, -0.2) is 4.98 Å². The summed E-state index contributed by atoms with van der Waals surface area (Å²) in [4.78, 5) is 16.9. The fourth-order valence-corrected chi connectivity index (χ4v) is 4.38. The molecule has 0 atom stereocenters. The Morgan fingerprint density at radius 3 is 2.59 bits per heavy atom. The van der Waals surface area contributed by atoms with Gasteiger partial charge < -0.3 is 5.32 Å². The third-order valence-corrected chi connectivity index (χ3v) is 5.95. The number of hydrogen-bond donors (Lipinski definition) is 1. The predicted octanol–water partition coefficient (Wildman–Crippen LogP) is 7.23. The molecule has 0 spiro atoms. The number of thiazole rings is 1. The lowest BCUT2D eigenvalue weighted by Gasteiger charge is -2.03. The van der Waals surface area contributed by atoms with Gasteiger partial charge >= 0.3 is 0 Å². The summed E-state index contributed by atoms with van der Waals surface area (Å²) in [6, 6.07) is 19.0. The van der Waals surface area contributed by atoms with Crippen LogP contribution in [0.25, 0.3) is 26.9 Å². The van der Waals surface area contributed by atoms with Crippen molar-refractivity contribution in [1.29, 1.82) is 0 Å². The summed E-state index contributed by atoms with van der Waals surface area (Å²) in [5.74, 6) is -0.237. The second-order valence-electron chi connectivity index (χ2n) is 6.56. The lowest BCUT2D eigenvalue weighted by molar-refractivity contribution is -0.111. The zero-order valence-corrected chi connectivity index (χ0v) is 17.8. The van der Waals surface area contributed by atoms with Crippen LogP contribution in [0.2, 0.25) is 10.0 Å². The number of aryl methyl sites for hydroxylation is 1. The van der Waals surface area contributed by atoms with Crippen molar-refractivity contribution in [1.82, 2.24) is 4.98 Å². The average molecular weight is 439 g/mol. The van der Waals surface area contributed by atoms with Crippen molar-refractivity contribution in [3.05, 3.63) is 87.9 Å². The van der Waals surface area contributed by atoms with Crippen molar-refractivity contribution < 1.29 is 4.79 Å². The zero-order valence-electron chi connectivity index (χ0n) is 15.4. The molecule has 0 bridgehead atoms. The van der Waals surface area contributed by atoms with Crippen LogP contribution in [0.5, 0.6) is 0 Å². The second kappa shape index (κ2) is 8.37. The molecule has 1 aromatic heterocycles. The molecule has 1 amide bonds.